The number of ketones is 2. The van der Waals surface area contributed by atoms with Crippen LogP contribution >= 0.6 is 0 Å². The van der Waals surface area contributed by atoms with Gasteiger partial charge < -0.3 is 5.32 Å². The molecule has 1 aliphatic carbocycles. The molecule has 3 nitrogen and oxygen atoms in total. The molecule has 0 heterocycles. The van der Waals surface area contributed by atoms with E-state index in [2.05, 4.69) is 19.2 Å². The van der Waals surface area contributed by atoms with Crippen molar-refractivity contribution in [2.24, 2.45) is 5.92 Å². The number of aryl methyl sites for hydroxylation is 1. The number of allylic oxidation sites excluding steroid dienone is 2. The zero-order valence-corrected chi connectivity index (χ0v) is 15.4. The Labute approximate surface area is 155 Å². The lowest BCUT2D eigenvalue weighted by molar-refractivity contribution is 0.0978. The highest BCUT2D eigenvalue weighted by molar-refractivity contribution is 6.24. The number of Topliss-reactive ketones (excluding diaryl/α,β-unsaturated/α-hetero) is 1. The normalized spacial score (nSPS) is 13.6. The van der Waals surface area contributed by atoms with E-state index >= 15 is 0 Å². The molecule has 0 atom stereocenters. The molecule has 0 radical (unpaired) electrons. The fourth-order valence-electron chi connectivity index (χ4n) is 3.21. The van der Waals surface area contributed by atoms with Gasteiger partial charge in [-0.3, -0.25) is 9.59 Å². The Morgan fingerprint density at radius 3 is 2.42 bits per heavy atom. The van der Waals surface area contributed by atoms with Crippen LogP contribution in [-0.2, 0) is 13.0 Å². The molecule has 2 aromatic carbocycles. The quantitative estimate of drug-likeness (QED) is 0.788. The first kappa shape index (κ1) is 18.1. The maximum Gasteiger partial charge on any atom is 0.209 e. The summed E-state index contributed by atoms with van der Waals surface area (Å²) in [7, 11) is 0. The third-order valence-corrected chi connectivity index (χ3v) is 4.69. The van der Waals surface area contributed by atoms with Crippen LogP contribution in [0.2, 0.25) is 0 Å². The van der Waals surface area contributed by atoms with Crippen molar-refractivity contribution in [2.75, 3.05) is 0 Å². The topological polar surface area (TPSA) is 46.2 Å². The van der Waals surface area contributed by atoms with Gasteiger partial charge in [0.15, 0.2) is 5.78 Å². The fourth-order valence-corrected chi connectivity index (χ4v) is 3.21. The highest BCUT2D eigenvalue weighted by Crippen LogP contribution is 2.23. The predicted octanol–water partition coefficient (Wildman–Crippen LogP) is 4.72. The molecule has 26 heavy (non-hydrogen) atoms. The van der Waals surface area contributed by atoms with Crippen LogP contribution in [0.15, 0.2) is 60.3 Å². The van der Waals surface area contributed by atoms with Crippen molar-refractivity contribution in [3.8, 4) is 0 Å². The number of carbonyl (C=O) groups is 2. The summed E-state index contributed by atoms with van der Waals surface area (Å²) in [6, 6.07) is 15.5. The second-order valence-electron chi connectivity index (χ2n) is 7.26. The number of fused-ring (bicyclic) bond motifs is 1. The second kappa shape index (κ2) is 8.13. The molecule has 0 bridgehead atoms. The van der Waals surface area contributed by atoms with E-state index in [1.165, 1.54) is 6.08 Å². The largest absolute Gasteiger partial charge is 0.378 e. The van der Waals surface area contributed by atoms with Gasteiger partial charge in [-0.1, -0.05) is 56.7 Å². The molecule has 0 saturated carbocycles. The molecule has 134 valence electrons. The Hall–Kier alpha value is -2.68. The van der Waals surface area contributed by atoms with E-state index in [-0.39, 0.29) is 11.6 Å². The Morgan fingerprint density at radius 2 is 1.69 bits per heavy atom. The number of carbonyl (C=O) groups excluding carboxylic acids is 2. The maximum absolute atomic E-state index is 12.7. The Kier molecular flexibility index (Phi) is 5.67. The summed E-state index contributed by atoms with van der Waals surface area (Å²) in [4.78, 5) is 25.2. The third-order valence-electron chi connectivity index (χ3n) is 4.69. The van der Waals surface area contributed by atoms with Gasteiger partial charge in [0, 0.05) is 23.7 Å². The van der Waals surface area contributed by atoms with E-state index in [0.717, 1.165) is 30.4 Å². The Balaban J connectivity index is 1.71. The lowest BCUT2D eigenvalue weighted by atomic mass is 9.90. The van der Waals surface area contributed by atoms with Gasteiger partial charge in [0.05, 0.1) is 5.70 Å². The monoisotopic (exact) mass is 347 g/mol. The van der Waals surface area contributed by atoms with Crippen LogP contribution in [0.4, 0.5) is 0 Å². The average molecular weight is 347 g/mol. The average Bonchev–Trinajstić information content (AvgIpc) is 2.64. The summed E-state index contributed by atoms with van der Waals surface area (Å²) in [6.07, 6.45) is 4.64. The van der Waals surface area contributed by atoms with Gasteiger partial charge in [-0.15, -0.1) is 0 Å². The van der Waals surface area contributed by atoms with Gasteiger partial charge in [0.25, 0.3) is 0 Å². The van der Waals surface area contributed by atoms with E-state index in [1.807, 2.05) is 42.5 Å². The molecular weight excluding hydrogens is 322 g/mol. The zero-order valence-electron chi connectivity index (χ0n) is 15.4. The number of benzene rings is 2. The van der Waals surface area contributed by atoms with E-state index in [0.29, 0.717) is 29.3 Å². The van der Waals surface area contributed by atoms with Gasteiger partial charge >= 0.3 is 0 Å². The van der Waals surface area contributed by atoms with Crippen LogP contribution in [0, 0.1) is 5.92 Å². The molecule has 3 rings (SSSR count). The first-order valence-electron chi connectivity index (χ1n) is 9.26. The predicted molar refractivity (Wildman–Crippen MR) is 104 cm³/mol. The van der Waals surface area contributed by atoms with Crippen LogP contribution in [0.3, 0.4) is 0 Å². The van der Waals surface area contributed by atoms with E-state index in [9.17, 15) is 9.59 Å². The molecule has 0 saturated heterocycles. The van der Waals surface area contributed by atoms with Gasteiger partial charge in [-0.25, -0.2) is 0 Å². The highest BCUT2D eigenvalue weighted by atomic mass is 16.1. The molecule has 0 aliphatic heterocycles. The molecule has 1 aliphatic rings. The summed E-state index contributed by atoms with van der Waals surface area (Å²) in [5, 5.41) is 3.11. The molecule has 0 spiro atoms. The van der Waals surface area contributed by atoms with E-state index in [1.54, 1.807) is 6.07 Å². The van der Waals surface area contributed by atoms with Crippen molar-refractivity contribution in [2.45, 2.75) is 39.7 Å². The lowest BCUT2D eigenvalue weighted by Gasteiger charge is -2.17. The highest BCUT2D eigenvalue weighted by Gasteiger charge is 2.25. The number of rotatable bonds is 7. The Morgan fingerprint density at radius 1 is 0.923 bits per heavy atom. The van der Waals surface area contributed by atoms with E-state index < -0.39 is 0 Å². The van der Waals surface area contributed by atoms with Crippen LogP contribution in [0.1, 0.15) is 58.5 Å². The van der Waals surface area contributed by atoms with Crippen molar-refractivity contribution < 1.29 is 9.59 Å². The molecule has 3 heteroatoms. The summed E-state index contributed by atoms with van der Waals surface area (Å²) in [5.41, 5.74) is 3.60. The molecule has 0 amide bonds. The summed E-state index contributed by atoms with van der Waals surface area (Å²) in [5.74, 6) is 0.474. The summed E-state index contributed by atoms with van der Waals surface area (Å²) < 4.78 is 0. The van der Waals surface area contributed by atoms with Gasteiger partial charge in [-0.05, 0) is 42.0 Å². The molecule has 1 N–H and O–H groups in total. The van der Waals surface area contributed by atoms with Crippen molar-refractivity contribution in [3.63, 3.8) is 0 Å². The van der Waals surface area contributed by atoms with Crippen molar-refractivity contribution in [1.82, 2.24) is 5.32 Å². The van der Waals surface area contributed by atoms with Crippen molar-refractivity contribution in [3.05, 3.63) is 82.6 Å². The first-order chi connectivity index (χ1) is 12.5. The minimum Gasteiger partial charge on any atom is -0.378 e. The van der Waals surface area contributed by atoms with Gasteiger partial charge in [0.1, 0.15) is 0 Å². The minimum absolute atomic E-state index is 0.0964. The van der Waals surface area contributed by atoms with Gasteiger partial charge in [-0.2, -0.15) is 0 Å². The van der Waals surface area contributed by atoms with Crippen LogP contribution in [0.25, 0.3) is 0 Å². The summed E-state index contributed by atoms with van der Waals surface area (Å²) >= 11 is 0. The summed E-state index contributed by atoms with van der Waals surface area (Å²) in [6.45, 7) is 4.95. The Bertz CT molecular complexity index is 835. The standard InChI is InChI=1S/C23H25NO2/c1-16(2)7-6-10-17-11-12-19-20(13-17)22(25)14-21(23(19)26)24-15-18-8-4-3-5-9-18/h3-5,8-9,11-14,16,24H,6-7,10,15H2,1-2H3. The van der Waals surface area contributed by atoms with Gasteiger partial charge in [0.2, 0.25) is 5.78 Å². The molecule has 0 fully saturated rings. The second-order valence-corrected chi connectivity index (χ2v) is 7.26. The van der Waals surface area contributed by atoms with E-state index in [4.69, 9.17) is 0 Å². The first-order valence-corrected chi connectivity index (χ1v) is 9.26. The van der Waals surface area contributed by atoms with Crippen LogP contribution in [0.5, 0.6) is 0 Å². The lowest BCUT2D eigenvalue weighted by Crippen LogP contribution is -2.26. The third kappa shape index (κ3) is 4.29. The smallest absolute Gasteiger partial charge is 0.209 e. The van der Waals surface area contributed by atoms with Crippen LogP contribution < -0.4 is 5.32 Å². The number of nitrogens with one attached hydrogen (secondary N) is 1. The van der Waals surface area contributed by atoms with Crippen molar-refractivity contribution in [1.29, 1.82) is 0 Å². The maximum atomic E-state index is 12.7. The molecule has 0 aromatic heterocycles. The SMILES string of the molecule is CC(C)CCCc1ccc2c(c1)C(=O)C=C(NCc1ccccc1)C2=O. The molecular formula is C23H25NO2. The minimum atomic E-state index is -0.107. The zero-order chi connectivity index (χ0) is 18.5. The fraction of sp³-hybridized carbons (Fsp3) is 0.304. The molecule has 2 aromatic rings. The number of hydrogen-bond donors (Lipinski definition) is 1. The number of hydrogen-bond acceptors (Lipinski definition) is 3. The molecule has 0 unspecified atom stereocenters. The van der Waals surface area contributed by atoms with Crippen molar-refractivity contribution >= 4 is 11.6 Å². The van der Waals surface area contributed by atoms with Crippen LogP contribution in [-0.4, -0.2) is 11.6 Å².